The minimum absolute atomic E-state index is 0.0765. The molecule has 0 spiro atoms. The van der Waals surface area contributed by atoms with Crippen LogP contribution in [-0.2, 0) is 0 Å². The van der Waals surface area contributed by atoms with Gasteiger partial charge in [0.05, 0.1) is 0 Å². The van der Waals surface area contributed by atoms with Crippen molar-refractivity contribution in [1.29, 1.82) is 0 Å². The van der Waals surface area contributed by atoms with Gasteiger partial charge in [0.15, 0.2) is 0 Å². The van der Waals surface area contributed by atoms with Gasteiger partial charge < -0.3 is 10.2 Å². The summed E-state index contributed by atoms with van der Waals surface area (Å²) in [5, 5.41) is 3.38. The number of hydrogen-bond donors (Lipinski definition) is 1. The van der Waals surface area contributed by atoms with E-state index in [0.717, 1.165) is 28.6 Å². The van der Waals surface area contributed by atoms with Crippen LogP contribution in [0.15, 0.2) is 27.1 Å². The van der Waals surface area contributed by atoms with Crippen molar-refractivity contribution < 1.29 is 4.79 Å². The predicted octanol–water partition coefficient (Wildman–Crippen LogP) is 3.28. The first-order chi connectivity index (χ1) is 9.06. The van der Waals surface area contributed by atoms with Crippen molar-refractivity contribution in [3.63, 3.8) is 0 Å². The summed E-state index contributed by atoms with van der Waals surface area (Å²) in [5.74, 6) is 0.644. The van der Waals surface area contributed by atoms with Crippen LogP contribution in [-0.4, -0.2) is 37.5 Å². The molecule has 3 nitrogen and oxygen atoms in total. The van der Waals surface area contributed by atoms with Crippen LogP contribution in [0.25, 0.3) is 0 Å². The van der Waals surface area contributed by atoms with E-state index in [1.165, 1.54) is 12.8 Å². The van der Waals surface area contributed by atoms with Crippen molar-refractivity contribution in [3.8, 4) is 0 Å². The van der Waals surface area contributed by atoms with E-state index in [9.17, 15) is 4.79 Å². The average Bonchev–Trinajstić information content (AvgIpc) is 2.37. The van der Waals surface area contributed by atoms with Crippen molar-refractivity contribution in [2.45, 2.75) is 12.8 Å². The third-order valence-electron chi connectivity index (χ3n) is 3.39. The summed E-state index contributed by atoms with van der Waals surface area (Å²) in [4.78, 5) is 14.2. The Labute approximate surface area is 131 Å². The SMILES string of the molecule is CN(CC1CCCNC1)C(=O)c1cc(Br)cc(Br)c1. The predicted molar refractivity (Wildman–Crippen MR) is 84.4 cm³/mol. The molecule has 0 aromatic heterocycles. The largest absolute Gasteiger partial charge is 0.341 e. The normalized spacial score (nSPS) is 19.2. The summed E-state index contributed by atoms with van der Waals surface area (Å²) in [6.45, 7) is 2.93. The van der Waals surface area contributed by atoms with Crippen molar-refractivity contribution >= 4 is 37.8 Å². The Morgan fingerprint density at radius 1 is 1.37 bits per heavy atom. The molecule has 19 heavy (non-hydrogen) atoms. The Kier molecular flexibility index (Phi) is 5.42. The maximum atomic E-state index is 12.4. The van der Waals surface area contributed by atoms with Gasteiger partial charge >= 0.3 is 0 Å². The molecule has 0 bridgehead atoms. The third-order valence-corrected chi connectivity index (χ3v) is 4.30. The maximum absolute atomic E-state index is 12.4. The molecule has 1 atom stereocenters. The lowest BCUT2D eigenvalue weighted by atomic mass is 9.99. The smallest absolute Gasteiger partial charge is 0.253 e. The molecule has 104 valence electrons. The van der Waals surface area contributed by atoms with Crippen LogP contribution in [0, 0.1) is 5.92 Å². The second-order valence-corrected chi connectivity index (χ2v) is 6.89. The van der Waals surface area contributed by atoms with Crippen molar-refractivity contribution in [2.75, 3.05) is 26.7 Å². The number of benzene rings is 1. The van der Waals surface area contributed by atoms with Crippen molar-refractivity contribution in [1.82, 2.24) is 10.2 Å². The van der Waals surface area contributed by atoms with Crippen LogP contribution in [0.1, 0.15) is 23.2 Å². The van der Waals surface area contributed by atoms with Gasteiger partial charge in [-0.05, 0) is 50.0 Å². The summed E-state index contributed by atoms with van der Waals surface area (Å²) in [7, 11) is 1.88. The summed E-state index contributed by atoms with van der Waals surface area (Å²) in [6.07, 6.45) is 2.40. The fourth-order valence-corrected chi connectivity index (χ4v) is 3.74. The molecule has 0 aliphatic carbocycles. The van der Waals surface area contributed by atoms with E-state index in [4.69, 9.17) is 0 Å². The second-order valence-electron chi connectivity index (χ2n) is 5.06. The van der Waals surface area contributed by atoms with Crippen molar-refractivity contribution in [3.05, 3.63) is 32.7 Å². The lowest BCUT2D eigenvalue weighted by Crippen LogP contribution is -2.39. The molecule has 0 radical (unpaired) electrons. The van der Waals surface area contributed by atoms with Gasteiger partial charge in [-0.3, -0.25) is 4.79 Å². The number of carbonyl (C=O) groups is 1. The Morgan fingerprint density at radius 3 is 2.63 bits per heavy atom. The first-order valence-corrected chi connectivity index (χ1v) is 8.07. The maximum Gasteiger partial charge on any atom is 0.253 e. The molecule has 1 N–H and O–H groups in total. The van der Waals surface area contributed by atoms with Gasteiger partial charge in [0.1, 0.15) is 0 Å². The molecule has 2 rings (SSSR count). The number of piperidine rings is 1. The summed E-state index contributed by atoms with van der Waals surface area (Å²) >= 11 is 6.84. The Bertz CT molecular complexity index is 439. The molecule has 1 amide bonds. The number of nitrogens with zero attached hydrogens (tertiary/aromatic N) is 1. The molecule has 1 aromatic carbocycles. The second kappa shape index (κ2) is 6.86. The topological polar surface area (TPSA) is 32.3 Å². The number of rotatable bonds is 3. The van der Waals surface area contributed by atoms with Crippen molar-refractivity contribution in [2.24, 2.45) is 5.92 Å². The van der Waals surface area contributed by atoms with Gasteiger partial charge in [0, 0.05) is 28.1 Å². The summed E-state index contributed by atoms with van der Waals surface area (Å²) < 4.78 is 1.83. The van der Waals surface area contributed by atoms with Crippen LogP contribution in [0.5, 0.6) is 0 Å². The van der Waals surface area contributed by atoms with Gasteiger partial charge in [0.2, 0.25) is 0 Å². The quantitative estimate of drug-likeness (QED) is 0.860. The zero-order valence-corrected chi connectivity index (χ0v) is 14.1. The minimum Gasteiger partial charge on any atom is -0.341 e. The Hall–Kier alpha value is -0.390. The highest BCUT2D eigenvalue weighted by atomic mass is 79.9. The Morgan fingerprint density at radius 2 is 2.05 bits per heavy atom. The van der Waals surface area contributed by atoms with E-state index in [-0.39, 0.29) is 5.91 Å². The number of halogens is 2. The van der Waals surface area contributed by atoms with E-state index >= 15 is 0 Å². The zero-order chi connectivity index (χ0) is 13.8. The molecule has 0 saturated carbocycles. The first-order valence-electron chi connectivity index (χ1n) is 6.48. The average molecular weight is 390 g/mol. The number of amides is 1. The van der Waals surface area contributed by atoms with Crippen LogP contribution < -0.4 is 5.32 Å². The number of carbonyl (C=O) groups excluding carboxylic acids is 1. The van der Waals surface area contributed by atoms with Gasteiger partial charge in [-0.2, -0.15) is 0 Å². The van der Waals surface area contributed by atoms with Crippen LogP contribution in [0.4, 0.5) is 0 Å². The minimum atomic E-state index is 0.0765. The highest BCUT2D eigenvalue weighted by molar-refractivity contribution is 9.11. The summed E-state index contributed by atoms with van der Waals surface area (Å²) in [6, 6.07) is 5.66. The van der Waals surface area contributed by atoms with Gasteiger partial charge in [-0.25, -0.2) is 0 Å². The van der Waals surface area contributed by atoms with Crippen LogP contribution >= 0.6 is 31.9 Å². The molecule has 1 heterocycles. The van der Waals surface area contributed by atoms with Gasteiger partial charge in [-0.15, -0.1) is 0 Å². The van der Waals surface area contributed by atoms with E-state index < -0.39 is 0 Å². The molecular formula is C14H18Br2N2O. The lowest BCUT2D eigenvalue weighted by molar-refractivity contribution is 0.0764. The molecule has 1 unspecified atom stereocenters. The van der Waals surface area contributed by atoms with E-state index in [1.54, 1.807) is 0 Å². The van der Waals surface area contributed by atoms with Gasteiger partial charge in [0.25, 0.3) is 5.91 Å². The van der Waals surface area contributed by atoms with E-state index in [2.05, 4.69) is 37.2 Å². The van der Waals surface area contributed by atoms with Crippen LogP contribution in [0.2, 0.25) is 0 Å². The zero-order valence-electron chi connectivity index (χ0n) is 11.0. The van der Waals surface area contributed by atoms with E-state index in [1.807, 2.05) is 30.1 Å². The molecule has 1 aromatic rings. The Balaban J connectivity index is 2.01. The standard InChI is InChI=1S/C14H18Br2N2O/c1-18(9-10-3-2-4-17-8-10)14(19)11-5-12(15)7-13(16)6-11/h5-7,10,17H,2-4,8-9H2,1H3. The molecule has 1 aliphatic heterocycles. The van der Waals surface area contributed by atoms with Crippen LogP contribution in [0.3, 0.4) is 0 Å². The number of hydrogen-bond acceptors (Lipinski definition) is 2. The highest BCUT2D eigenvalue weighted by Gasteiger charge is 2.19. The molecule has 1 saturated heterocycles. The third kappa shape index (κ3) is 4.29. The molecule has 1 fully saturated rings. The highest BCUT2D eigenvalue weighted by Crippen LogP contribution is 2.21. The first kappa shape index (κ1) is 15.0. The number of nitrogens with one attached hydrogen (secondary N) is 1. The fraction of sp³-hybridized carbons (Fsp3) is 0.500. The monoisotopic (exact) mass is 388 g/mol. The summed E-state index contributed by atoms with van der Waals surface area (Å²) in [5.41, 5.74) is 0.715. The molecule has 5 heteroatoms. The molecular weight excluding hydrogens is 372 g/mol. The van der Waals surface area contributed by atoms with E-state index in [0.29, 0.717) is 11.5 Å². The van der Waals surface area contributed by atoms with Gasteiger partial charge in [-0.1, -0.05) is 31.9 Å². The molecule has 1 aliphatic rings. The lowest BCUT2D eigenvalue weighted by Gasteiger charge is -2.27. The fourth-order valence-electron chi connectivity index (χ4n) is 2.45.